The molecule has 1 aromatic rings. The summed E-state index contributed by atoms with van der Waals surface area (Å²) in [7, 11) is 1.78. The van der Waals surface area contributed by atoms with E-state index in [4.69, 9.17) is 0 Å². The van der Waals surface area contributed by atoms with E-state index in [-0.39, 0.29) is 6.04 Å². The van der Waals surface area contributed by atoms with Crippen LogP contribution in [0, 0.1) is 5.92 Å². The van der Waals surface area contributed by atoms with Gasteiger partial charge in [-0.25, -0.2) is 13.8 Å². The molecule has 0 radical (unpaired) electrons. The third kappa shape index (κ3) is 16.0. The predicted octanol–water partition coefficient (Wildman–Crippen LogP) is 8.89. The van der Waals surface area contributed by atoms with Gasteiger partial charge in [0.05, 0.1) is 5.70 Å². The molecular weight excluding hydrogens is 536 g/mol. The Morgan fingerprint density at radius 1 is 1.15 bits per heavy atom. The van der Waals surface area contributed by atoms with E-state index in [1.165, 1.54) is 17.2 Å². The third-order valence-corrected chi connectivity index (χ3v) is 6.77. The molecule has 4 nitrogen and oxygen atoms in total. The van der Waals surface area contributed by atoms with Crippen LogP contribution in [0.25, 0.3) is 0 Å². The van der Waals surface area contributed by atoms with Crippen LogP contribution in [0.2, 0.25) is 0 Å². The van der Waals surface area contributed by atoms with Crippen molar-refractivity contribution < 1.29 is 17.6 Å². The van der Waals surface area contributed by atoms with Crippen LogP contribution in [-0.4, -0.2) is 37.5 Å². The summed E-state index contributed by atoms with van der Waals surface area (Å²) in [6, 6.07) is 6.66. The van der Waals surface area contributed by atoms with Crippen LogP contribution in [0.4, 0.5) is 17.6 Å². The van der Waals surface area contributed by atoms with E-state index < -0.39 is 18.5 Å². The number of aryl methyl sites for hydroxylation is 1. The minimum absolute atomic E-state index is 0.142. The number of nitrogens with one attached hydrogen (secondary N) is 2. The SMILES string of the molecule is C=C\C(F)=C/C=C/C(=C/Cc1ccc2c(c1)C[C@H](C)CC[C@H](NSNCC(F)(F)F)CC2)N(C)N=C.CC.CC. The van der Waals surface area contributed by atoms with Crippen LogP contribution in [0.15, 0.2) is 71.8 Å². The lowest BCUT2D eigenvalue weighted by Crippen LogP contribution is -2.31. The van der Waals surface area contributed by atoms with Crippen molar-refractivity contribution in [2.45, 2.75) is 85.4 Å². The lowest BCUT2D eigenvalue weighted by Gasteiger charge is -2.18. The lowest BCUT2D eigenvalue weighted by molar-refractivity contribution is -0.121. The van der Waals surface area contributed by atoms with Crippen molar-refractivity contribution >= 4 is 18.9 Å². The predicted molar refractivity (Wildman–Crippen MR) is 166 cm³/mol. The number of nitrogens with zero attached hydrogens (tertiary/aromatic N) is 2. The van der Waals surface area contributed by atoms with Gasteiger partial charge in [0.25, 0.3) is 0 Å². The highest BCUT2D eigenvalue weighted by Gasteiger charge is 2.26. The first-order chi connectivity index (χ1) is 19.1. The van der Waals surface area contributed by atoms with E-state index in [9.17, 15) is 17.6 Å². The first kappa shape index (κ1) is 37.6. The van der Waals surface area contributed by atoms with E-state index in [1.54, 1.807) is 24.2 Å². The maximum absolute atomic E-state index is 13.3. The highest BCUT2D eigenvalue weighted by Crippen LogP contribution is 2.26. The molecule has 0 aromatic heterocycles. The molecule has 40 heavy (non-hydrogen) atoms. The van der Waals surface area contributed by atoms with Gasteiger partial charge < -0.3 is 0 Å². The van der Waals surface area contributed by atoms with Gasteiger partial charge in [0, 0.05) is 31.9 Å². The largest absolute Gasteiger partial charge is 0.402 e. The molecule has 2 atom stereocenters. The molecule has 0 saturated heterocycles. The molecule has 2 rings (SSSR count). The van der Waals surface area contributed by atoms with E-state index in [2.05, 4.69) is 53.0 Å². The Bertz CT molecular complexity index is 957. The maximum atomic E-state index is 13.3. The number of alkyl halides is 3. The fraction of sp³-hybridized carbons (Fsp3) is 0.516. The van der Waals surface area contributed by atoms with Crippen LogP contribution in [0.3, 0.4) is 0 Å². The topological polar surface area (TPSA) is 39.7 Å². The van der Waals surface area contributed by atoms with Crippen LogP contribution in [0.1, 0.15) is 70.6 Å². The zero-order valence-corrected chi connectivity index (χ0v) is 25.8. The molecule has 2 N–H and O–H groups in total. The molecule has 0 spiro atoms. The number of benzene rings is 1. The highest BCUT2D eigenvalue weighted by atomic mass is 32.2. The van der Waals surface area contributed by atoms with Crippen molar-refractivity contribution in [1.29, 1.82) is 0 Å². The Labute approximate surface area is 244 Å². The molecule has 1 aliphatic carbocycles. The van der Waals surface area contributed by atoms with E-state index in [0.29, 0.717) is 12.3 Å². The maximum Gasteiger partial charge on any atom is 0.402 e. The smallest absolute Gasteiger partial charge is 0.270 e. The molecule has 0 bridgehead atoms. The first-order valence-electron chi connectivity index (χ1n) is 14.0. The quantitative estimate of drug-likeness (QED) is 0.0681. The second kappa shape index (κ2) is 21.4. The summed E-state index contributed by atoms with van der Waals surface area (Å²) in [6.07, 6.45) is 8.96. The Kier molecular flexibility index (Phi) is 20.1. The molecule has 9 heteroatoms. The van der Waals surface area contributed by atoms with Crippen molar-refractivity contribution in [3.05, 3.63) is 83.4 Å². The van der Waals surface area contributed by atoms with Gasteiger partial charge in [-0.1, -0.05) is 71.5 Å². The fourth-order valence-corrected chi connectivity index (χ4v) is 4.68. The van der Waals surface area contributed by atoms with Crippen molar-refractivity contribution in [1.82, 2.24) is 14.5 Å². The van der Waals surface area contributed by atoms with Gasteiger partial charge in [-0.2, -0.15) is 18.3 Å². The Morgan fingerprint density at radius 2 is 1.85 bits per heavy atom. The van der Waals surface area contributed by atoms with Crippen LogP contribution < -0.4 is 9.44 Å². The van der Waals surface area contributed by atoms with Gasteiger partial charge in [-0.15, -0.1) is 0 Å². The Hall–Kier alpha value is -2.36. The zero-order chi connectivity index (χ0) is 30.6. The standard InChI is InChI=1S/C27H36F4N4S.2C2H6/c1-5-24(28)7-6-8-26(35(4)32-3)16-11-21-10-12-22-13-15-25(34-36-33-19-27(29,30)31)14-9-20(2)17-23(22)18-21;2*1-2/h5-8,10,12,16,18,20,25,33-34H,1,3,9,11,13-15,17,19H2,2,4H3;2*1-2H3/b8-6+,24-7+,26-16-;;/t20-,25+;;/m1../s1. The molecule has 1 aromatic carbocycles. The number of hydrazone groups is 1. The fourth-order valence-electron chi connectivity index (χ4n) is 3.96. The molecule has 0 heterocycles. The summed E-state index contributed by atoms with van der Waals surface area (Å²) in [5.41, 5.74) is 4.56. The van der Waals surface area contributed by atoms with Crippen LogP contribution >= 0.6 is 12.1 Å². The van der Waals surface area contributed by atoms with E-state index in [1.807, 2.05) is 33.8 Å². The highest BCUT2D eigenvalue weighted by molar-refractivity contribution is 7.95. The second-order valence-electron chi connectivity index (χ2n) is 8.99. The van der Waals surface area contributed by atoms with Gasteiger partial charge in [0.15, 0.2) is 0 Å². The van der Waals surface area contributed by atoms with Crippen LogP contribution in [0.5, 0.6) is 0 Å². The number of halogens is 4. The van der Waals surface area contributed by atoms with Crippen molar-refractivity contribution in [2.75, 3.05) is 13.6 Å². The summed E-state index contributed by atoms with van der Waals surface area (Å²) in [6.45, 7) is 16.2. The van der Waals surface area contributed by atoms with Crippen molar-refractivity contribution in [3.63, 3.8) is 0 Å². The zero-order valence-electron chi connectivity index (χ0n) is 25.0. The summed E-state index contributed by atoms with van der Waals surface area (Å²) in [4.78, 5) is 0. The van der Waals surface area contributed by atoms with E-state index in [0.717, 1.165) is 61.6 Å². The first-order valence-corrected chi connectivity index (χ1v) is 14.8. The number of likely N-dealkylation sites (N-methyl/N-ethyl adjacent to an activating group) is 1. The minimum Gasteiger partial charge on any atom is -0.270 e. The number of hydrogen-bond acceptors (Lipinski definition) is 5. The van der Waals surface area contributed by atoms with Gasteiger partial charge in [-0.05, 0) is 79.4 Å². The average molecular weight is 585 g/mol. The molecule has 0 fully saturated rings. The van der Waals surface area contributed by atoms with Gasteiger partial charge in [-0.3, -0.25) is 5.01 Å². The van der Waals surface area contributed by atoms with Gasteiger partial charge >= 0.3 is 6.18 Å². The Balaban J connectivity index is 0.00000363. The summed E-state index contributed by atoms with van der Waals surface area (Å²) < 4.78 is 55.9. The van der Waals surface area contributed by atoms with Gasteiger partial charge in [0.1, 0.15) is 12.4 Å². The molecule has 0 saturated carbocycles. The molecule has 226 valence electrons. The molecule has 1 aliphatic rings. The monoisotopic (exact) mass is 584 g/mol. The van der Waals surface area contributed by atoms with Gasteiger partial charge in [0.2, 0.25) is 0 Å². The number of fused-ring (bicyclic) bond motifs is 1. The number of rotatable bonds is 11. The van der Waals surface area contributed by atoms with Crippen LogP contribution in [-0.2, 0) is 19.3 Å². The molecule has 0 aliphatic heterocycles. The molecular formula is C31H48F4N4S. The Morgan fingerprint density at radius 3 is 2.48 bits per heavy atom. The molecule has 0 unspecified atom stereocenters. The second-order valence-corrected chi connectivity index (χ2v) is 9.72. The van der Waals surface area contributed by atoms with Crippen molar-refractivity contribution in [2.24, 2.45) is 11.0 Å². The number of allylic oxidation sites excluding steroid dienone is 6. The third-order valence-electron chi connectivity index (χ3n) is 6.03. The summed E-state index contributed by atoms with van der Waals surface area (Å²) >= 11 is 0.939. The molecule has 0 amide bonds. The minimum atomic E-state index is -4.22. The van der Waals surface area contributed by atoms with E-state index >= 15 is 0 Å². The average Bonchev–Trinajstić information content (AvgIpc) is 3.02. The van der Waals surface area contributed by atoms with Crippen molar-refractivity contribution in [3.8, 4) is 0 Å². The normalized spacial score (nSPS) is 18.1. The lowest BCUT2D eigenvalue weighted by atomic mass is 9.92. The summed E-state index contributed by atoms with van der Waals surface area (Å²) in [5.74, 6) is 0.0475. The number of hydrogen-bond donors (Lipinski definition) is 2. The summed E-state index contributed by atoms with van der Waals surface area (Å²) in [5, 5.41) is 5.57.